The third-order valence-electron chi connectivity index (χ3n) is 3.17. The van der Waals surface area contributed by atoms with E-state index in [4.69, 9.17) is 5.73 Å². The average molecular weight is 141 g/mol. The van der Waals surface area contributed by atoms with Gasteiger partial charge in [-0.3, -0.25) is 0 Å². The molecule has 60 valence electrons. The molecular formula is C9H19N. The highest BCUT2D eigenvalue weighted by Gasteiger charge is 2.28. The largest absolute Gasteiger partial charge is 0.330 e. The molecule has 0 bridgehead atoms. The molecule has 2 N–H and O–H groups in total. The van der Waals surface area contributed by atoms with E-state index in [-0.39, 0.29) is 0 Å². The quantitative estimate of drug-likeness (QED) is 0.625. The van der Waals surface area contributed by atoms with E-state index in [1.807, 2.05) is 0 Å². The van der Waals surface area contributed by atoms with Crippen molar-refractivity contribution in [1.82, 2.24) is 0 Å². The van der Waals surface area contributed by atoms with Crippen LogP contribution in [0.2, 0.25) is 0 Å². The SMILES string of the molecule is CC1CCC(CCN)C1C. The fourth-order valence-corrected chi connectivity index (χ4v) is 2.09. The summed E-state index contributed by atoms with van der Waals surface area (Å²) in [6, 6.07) is 0. The molecule has 0 aromatic rings. The summed E-state index contributed by atoms with van der Waals surface area (Å²) >= 11 is 0. The summed E-state index contributed by atoms with van der Waals surface area (Å²) in [7, 11) is 0. The Morgan fingerprint density at radius 2 is 2.00 bits per heavy atom. The van der Waals surface area contributed by atoms with Crippen LogP contribution in [-0.2, 0) is 0 Å². The summed E-state index contributed by atoms with van der Waals surface area (Å²) in [6.07, 6.45) is 4.08. The second kappa shape index (κ2) is 3.38. The van der Waals surface area contributed by atoms with Crippen molar-refractivity contribution in [3.63, 3.8) is 0 Å². The van der Waals surface area contributed by atoms with Gasteiger partial charge in [-0.2, -0.15) is 0 Å². The second-order valence-corrected chi connectivity index (χ2v) is 3.75. The number of hydrogen-bond donors (Lipinski definition) is 1. The van der Waals surface area contributed by atoms with E-state index >= 15 is 0 Å². The number of rotatable bonds is 2. The summed E-state index contributed by atoms with van der Waals surface area (Å²) in [5.41, 5.74) is 5.52. The minimum absolute atomic E-state index is 0.877. The molecule has 1 rings (SSSR count). The zero-order chi connectivity index (χ0) is 7.56. The smallest absolute Gasteiger partial charge is 0.00745 e. The molecule has 0 aliphatic heterocycles. The van der Waals surface area contributed by atoms with Gasteiger partial charge in [0.25, 0.3) is 0 Å². The van der Waals surface area contributed by atoms with Gasteiger partial charge in [-0.15, -0.1) is 0 Å². The molecule has 10 heavy (non-hydrogen) atoms. The maximum Gasteiger partial charge on any atom is -0.00745 e. The molecule has 0 aromatic heterocycles. The molecule has 1 fully saturated rings. The van der Waals surface area contributed by atoms with Crippen molar-refractivity contribution in [2.45, 2.75) is 33.1 Å². The Labute approximate surface area is 64.0 Å². The predicted molar refractivity (Wildman–Crippen MR) is 44.7 cm³/mol. The Kier molecular flexibility index (Phi) is 2.72. The summed E-state index contributed by atoms with van der Waals surface area (Å²) in [5.74, 6) is 2.79. The number of nitrogens with two attached hydrogens (primary N) is 1. The summed E-state index contributed by atoms with van der Waals surface area (Å²) in [4.78, 5) is 0. The van der Waals surface area contributed by atoms with Gasteiger partial charge >= 0.3 is 0 Å². The Bertz CT molecular complexity index is 98.9. The Morgan fingerprint density at radius 3 is 2.40 bits per heavy atom. The lowest BCUT2D eigenvalue weighted by Crippen LogP contribution is -2.13. The van der Waals surface area contributed by atoms with Crippen molar-refractivity contribution < 1.29 is 0 Å². The fourth-order valence-electron chi connectivity index (χ4n) is 2.09. The maximum absolute atomic E-state index is 5.52. The highest BCUT2D eigenvalue weighted by molar-refractivity contribution is 4.79. The molecule has 1 heteroatoms. The topological polar surface area (TPSA) is 26.0 Å². The molecule has 0 amide bonds. The Hall–Kier alpha value is -0.0400. The molecule has 0 heterocycles. The zero-order valence-electron chi connectivity index (χ0n) is 7.14. The van der Waals surface area contributed by atoms with Crippen molar-refractivity contribution in [3.8, 4) is 0 Å². The van der Waals surface area contributed by atoms with Gasteiger partial charge in [-0.25, -0.2) is 0 Å². The maximum atomic E-state index is 5.52. The normalized spacial score (nSPS) is 40.5. The van der Waals surface area contributed by atoms with E-state index in [1.165, 1.54) is 19.3 Å². The fraction of sp³-hybridized carbons (Fsp3) is 1.00. The van der Waals surface area contributed by atoms with Gasteiger partial charge in [-0.05, 0) is 37.1 Å². The summed E-state index contributed by atoms with van der Waals surface area (Å²) < 4.78 is 0. The van der Waals surface area contributed by atoms with Crippen molar-refractivity contribution in [2.75, 3.05) is 6.54 Å². The van der Waals surface area contributed by atoms with Crippen molar-refractivity contribution in [3.05, 3.63) is 0 Å². The monoisotopic (exact) mass is 141 g/mol. The molecule has 0 aromatic carbocycles. The van der Waals surface area contributed by atoms with Crippen LogP contribution in [0.4, 0.5) is 0 Å². The van der Waals surface area contributed by atoms with Crippen LogP contribution in [0, 0.1) is 17.8 Å². The molecule has 0 radical (unpaired) electrons. The van der Waals surface area contributed by atoms with Gasteiger partial charge in [0.05, 0.1) is 0 Å². The van der Waals surface area contributed by atoms with Gasteiger partial charge < -0.3 is 5.73 Å². The van der Waals surface area contributed by atoms with Crippen molar-refractivity contribution in [2.24, 2.45) is 23.5 Å². The van der Waals surface area contributed by atoms with Crippen LogP contribution in [-0.4, -0.2) is 6.54 Å². The standard InChI is InChI=1S/C9H19N/c1-7-3-4-9(5-6-10)8(7)2/h7-9H,3-6,10H2,1-2H3. The molecule has 1 saturated carbocycles. The third kappa shape index (κ3) is 1.51. The molecular weight excluding hydrogens is 122 g/mol. The molecule has 0 saturated heterocycles. The molecule has 3 unspecified atom stereocenters. The second-order valence-electron chi connectivity index (χ2n) is 3.75. The van der Waals surface area contributed by atoms with Crippen molar-refractivity contribution in [1.29, 1.82) is 0 Å². The first-order chi connectivity index (χ1) is 4.75. The highest BCUT2D eigenvalue weighted by atomic mass is 14.5. The summed E-state index contributed by atoms with van der Waals surface area (Å²) in [5, 5.41) is 0. The predicted octanol–water partition coefficient (Wildman–Crippen LogP) is 2.02. The van der Waals surface area contributed by atoms with Gasteiger partial charge in [-0.1, -0.05) is 20.3 Å². The minimum atomic E-state index is 0.877. The van der Waals surface area contributed by atoms with E-state index in [9.17, 15) is 0 Å². The van der Waals surface area contributed by atoms with Gasteiger partial charge in [0.1, 0.15) is 0 Å². The van der Waals surface area contributed by atoms with Crippen LogP contribution >= 0.6 is 0 Å². The highest BCUT2D eigenvalue weighted by Crippen LogP contribution is 2.37. The Balaban J connectivity index is 2.33. The van der Waals surface area contributed by atoms with Crippen molar-refractivity contribution >= 4 is 0 Å². The lowest BCUT2D eigenvalue weighted by atomic mass is 9.90. The molecule has 3 atom stereocenters. The summed E-state index contributed by atoms with van der Waals surface area (Å²) in [6.45, 7) is 5.61. The van der Waals surface area contributed by atoms with E-state index in [0.29, 0.717) is 0 Å². The molecule has 1 nitrogen and oxygen atoms in total. The van der Waals surface area contributed by atoms with Crippen LogP contribution in [0.15, 0.2) is 0 Å². The minimum Gasteiger partial charge on any atom is -0.330 e. The van der Waals surface area contributed by atoms with Gasteiger partial charge in [0.15, 0.2) is 0 Å². The molecule has 0 spiro atoms. The zero-order valence-corrected chi connectivity index (χ0v) is 7.14. The Morgan fingerprint density at radius 1 is 1.30 bits per heavy atom. The average Bonchev–Trinajstić information content (AvgIpc) is 2.20. The first-order valence-electron chi connectivity index (χ1n) is 4.45. The third-order valence-corrected chi connectivity index (χ3v) is 3.17. The molecule has 1 aliphatic rings. The van der Waals surface area contributed by atoms with Crippen LogP contribution in [0.1, 0.15) is 33.1 Å². The van der Waals surface area contributed by atoms with E-state index in [2.05, 4.69) is 13.8 Å². The first-order valence-corrected chi connectivity index (χ1v) is 4.45. The van der Waals surface area contributed by atoms with Crippen LogP contribution < -0.4 is 5.73 Å². The lowest BCUT2D eigenvalue weighted by molar-refractivity contribution is 0.343. The first kappa shape index (κ1) is 8.06. The van der Waals surface area contributed by atoms with Crippen LogP contribution in [0.3, 0.4) is 0 Å². The van der Waals surface area contributed by atoms with E-state index in [0.717, 1.165) is 24.3 Å². The van der Waals surface area contributed by atoms with Gasteiger partial charge in [0.2, 0.25) is 0 Å². The van der Waals surface area contributed by atoms with Crippen LogP contribution in [0.5, 0.6) is 0 Å². The molecule has 1 aliphatic carbocycles. The van der Waals surface area contributed by atoms with E-state index < -0.39 is 0 Å². The number of hydrogen-bond acceptors (Lipinski definition) is 1. The van der Waals surface area contributed by atoms with Crippen LogP contribution in [0.25, 0.3) is 0 Å². The van der Waals surface area contributed by atoms with E-state index in [1.54, 1.807) is 0 Å². The van der Waals surface area contributed by atoms with Gasteiger partial charge in [0, 0.05) is 0 Å². The lowest BCUT2D eigenvalue weighted by Gasteiger charge is -2.16.